The Morgan fingerprint density at radius 1 is 0.861 bits per heavy atom. The minimum absolute atomic E-state index is 0.0560. The third-order valence-corrected chi connectivity index (χ3v) is 9.27. The molecule has 0 heterocycles. The molecule has 0 aliphatic heterocycles. The van der Waals surface area contributed by atoms with E-state index in [4.69, 9.17) is 8.57 Å². The van der Waals surface area contributed by atoms with Crippen molar-refractivity contribution in [2.24, 2.45) is 27.6 Å². The fourth-order valence-electron chi connectivity index (χ4n) is 4.83. The van der Waals surface area contributed by atoms with Gasteiger partial charge in [0.15, 0.2) is 0 Å². The lowest BCUT2D eigenvalue weighted by atomic mass is 9.73. The number of oxime groups is 2. The Morgan fingerprint density at radius 3 is 1.78 bits per heavy atom. The van der Waals surface area contributed by atoms with E-state index in [2.05, 4.69) is 23.5 Å². The molecule has 2 bridgehead atoms. The van der Waals surface area contributed by atoms with Crippen LogP contribution in [-0.2, 0) is 28.8 Å². The smallest absolute Gasteiger partial charge is 0.264 e. The van der Waals surface area contributed by atoms with E-state index in [9.17, 15) is 16.8 Å². The van der Waals surface area contributed by atoms with Crippen LogP contribution in [0.2, 0.25) is 0 Å². The summed E-state index contributed by atoms with van der Waals surface area (Å²) >= 11 is 0. The molecule has 2 fully saturated rings. The Bertz CT molecular complexity index is 1440. The van der Waals surface area contributed by atoms with Gasteiger partial charge in [-0.15, -0.1) is 0 Å². The highest BCUT2D eigenvalue weighted by molar-refractivity contribution is 7.87. The van der Waals surface area contributed by atoms with Crippen LogP contribution in [0.15, 0.2) is 81.8 Å². The summed E-state index contributed by atoms with van der Waals surface area (Å²) in [5.41, 5.74) is 1.67. The van der Waals surface area contributed by atoms with E-state index in [1.165, 1.54) is 24.3 Å². The first-order chi connectivity index (χ1) is 17.0. The maximum atomic E-state index is 12.8. The standard InChI is InChI=1S/C26H28N2O6S2/c1-5-19-7-11-22(12-8-19)35(29,30)33-27-24-21-15-16-26(17-21,18(3)4)25(24)28-34-36(31,32)23-13-9-20(6-2)10-14-23/h5-14,18,21H,1-2,15-17H2,3-4H3/b27-24+,28-25+. The molecule has 2 aromatic rings. The first-order valence-electron chi connectivity index (χ1n) is 11.5. The lowest BCUT2D eigenvalue weighted by Crippen LogP contribution is -2.36. The highest BCUT2D eigenvalue weighted by Gasteiger charge is 2.57. The van der Waals surface area contributed by atoms with Crippen LogP contribution >= 0.6 is 0 Å². The Labute approximate surface area is 212 Å². The quantitative estimate of drug-likeness (QED) is 0.411. The maximum absolute atomic E-state index is 12.8. The van der Waals surface area contributed by atoms with Crippen molar-refractivity contribution < 1.29 is 25.4 Å². The third-order valence-electron chi connectivity index (χ3n) is 7.03. The fraction of sp³-hybridized carbons (Fsp3) is 0.308. The van der Waals surface area contributed by atoms with Gasteiger partial charge in [0.25, 0.3) is 0 Å². The van der Waals surface area contributed by atoms with Crippen molar-refractivity contribution in [1.82, 2.24) is 0 Å². The summed E-state index contributed by atoms with van der Waals surface area (Å²) in [6.45, 7) is 11.3. The van der Waals surface area contributed by atoms with Crippen LogP contribution in [0.1, 0.15) is 44.2 Å². The van der Waals surface area contributed by atoms with Crippen LogP contribution in [0.5, 0.6) is 0 Å². The summed E-state index contributed by atoms with van der Waals surface area (Å²) in [6.07, 6.45) is 5.40. The second kappa shape index (κ2) is 9.67. The summed E-state index contributed by atoms with van der Waals surface area (Å²) in [5.74, 6) is -0.0159. The second-order valence-corrected chi connectivity index (χ2v) is 12.3. The molecule has 36 heavy (non-hydrogen) atoms. The Hall–Kier alpha value is -3.24. The molecule has 0 N–H and O–H groups in total. The minimum Gasteiger partial charge on any atom is -0.264 e. The van der Waals surface area contributed by atoms with E-state index in [0.29, 0.717) is 17.8 Å². The number of fused-ring (bicyclic) bond motifs is 2. The topological polar surface area (TPSA) is 111 Å². The first kappa shape index (κ1) is 25.8. The van der Waals surface area contributed by atoms with Crippen molar-refractivity contribution in [3.8, 4) is 0 Å². The van der Waals surface area contributed by atoms with Gasteiger partial charge in [-0.1, -0.05) is 73.7 Å². The van der Waals surface area contributed by atoms with Crippen molar-refractivity contribution in [3.05, 3.63) is 72.8 Å². The van der Waals surface area contributed by atoms with Crippen molar-refractivity contribution in [2.45, 2.75) is 42.9 Å². The van der Waals surface area contributed by atoms with Crippen molar-refractivity contribution in [2.75, 3.05) is 0 Å². The normalized spacial score (nSPS) is 23.8. The van der Waals surface area contributed by atoms with Gasteiger partial charge in [-0.3, -0.25) is 8.57 Å². The van der Waals surface area contributed by atoms with Gasteiger partial charge in [0.05, 0.1) is 0 Å². The molecule has 0 radical (unpaired) electrons. The molecule has 2 saturated carbocycles. The predicted molar refractivity (Wildman–Crippen MR) is 139 cm³/mol. The van der Waals surface area contributed by atoms with E-state index in [-0.39, 0.29) is 21.6 Å². The summed E-state index contributed by atoms with van der Waals surface area (Å²) < 4.78 is 61.3. The Morgan fingerprint density at radius 2 is 1.33 bits per heavy atom. The predicted octanol–water partition coefficient (Wildman–Crippen LogP) is 5.25. The number of rotatable bonds is 9. The van der Waals surface area contributed by atoms with Crippen LogP contribution < -0.4 is 0 Å². The molecule has 4 rings (SSSR count). The summed E-state index contributed by atoms with van der Waals surface area (Å²) in [5, 5.41) is 8.05. The van der Waals surface area contributed by atoms with Gasteiger partial charge < -0.3 is 0 Å². The van der Waals surface area contributed by atoms with E-state index in [1.807, 2.05) is 13.8 Å². The number of nitrogens with zero attached hydrogens (tertiary/aromatic N) is 2. The highest BCUT2D eigenvalue weighted by atomic mass is 32.2. The van der Waals surface area contributed by atoms with Gasteiger partial charge in [0, 0.05) is 11.3 Å². The van der Waals surface area contributed by atoms with Crippen LogP contribution in [0.4, 0.5) is 0 Å². The number of hydrogen-bond donors (Lipinski definition) is 0. The first-order valence-corrected chi connectivity index (χ1v) is 14.3. The summed E-state index contributed by atoms with van der Waals surface area (Å²) in [7, 11) is -8.39. The minimum atomic E-state index is -4.20. The Kier molecular flexibility index (Phi) is 6.94. The van der Waals surface area contributed by atoms with Gasteiger partial charge in [-0.25, -0.2) is 0 Å². The van der Waals surface area contributed by atoms with E-state index >= 15 is 0 Å². The molecular weight excluding hydrogens is 500 g/mol. The van der Waals surface area contributed by atoms with Gasteiger partial charge in [0.2, 0.25) is 0 Å². The van der Waals surface area contributed by atoms with Crippen LogP contribution in [0.3, 0.4) is 0 Å². The molecule has 2 atom stereocenters. The molecule has 0 amide bonds. The number of benzene rings is 2. The molecule has 8 nitrogen and oxygen atoms in total. The number of hydrogen-bond acceptors (Lipinski definition) is 8. The van der Waals surface area contributed by atoms with Gasteiger partial charge in [-0.2, -0.15) is 16.8 Å². The zero-order valence-electron chi connectivity index (χ0n) is 20.1. The largest absolute Gasteiger partial charge is 0.358 e. The van der Waals surface area contributed by atoms with Crippen LogP contribution in [0.25, 0.3) is 12.2 Å². The van der Waals surface area contributed by atoms with E-state index < -0.39 is 25.7 Å². The molecule has 2 aliphatic carbocycles. The molecule has 0 aromatic heterocycles. The fourth-order valence-corrected chi connectivity index (χ4v) is 6.29. The second-order valence-electron chi connectivity index (χ2n) is 9.27. The Balaban J connectivity index is 1.66. The average molecular weight is 529 g/mol. The van der Waals surface area contributed by atoms with Crippen molar-refractivity contribution in [1.29, 1.82) is 0 Å². The zero-order valence-corrected chi connectivity index (χ0v) is 21.8. The monoisotopic (exact) mass is 528 g/mol. The van der Waals surface area contributed by atoms with E-state index in [0.717, 1.165) is 24.0 Å². The molecule has 10 heteroatoms. The van der Waals surface area contributed by atoms with Gasteiger partial charge in [-0.05, 0) is 60.6 Å². The van der Waals surface area contributed by atoms with Gasteiger partial charge >= 0.3 is 20.2 Å². The van der Waals surface area contributed by atoms with Crippen LogP contribution in [-0.4, -0.2) is 28.3 Å². The molecule has 0 spiro atoms. The SMILES string of the molecule is C=Cc1ccc(S(=O)(=O)O/N=C2\C(=N\OS(=O)(=O)c3ccc(C=C)cc3)C3CCC2(C(C)C)C3)cc1. The van der Waals surface area contributed by atoms with E-state index in [1.54, 1.807) is 36.4 Å². The maximum Gasteiger partial charge on any atom is 0.358 e. The van der Waals surface area contributed by atoms with Crippen LogP contribution in [0, 0.1) is 17.3 Å². The zero-order chi connectivity index (χ0) is 26.1. The van der Waals surface area contributed by atoms with Crippen molar-refractivity contribution >= 4 is 43.8 Å². The molecule has 2 aliphatic rings. The summed E-state index contributed by atoms with van der Waals surface area (Å²) in [6, 6.07) is 12.1. The molecule has 0 saturated heterocycles. The highest BCUT2D eigenvalue weighted by Crippen LogP contribution is 2.55. The molecule has 2 unspecified atom stereocenters. The average Bonchev–Trinajstić information content (AvgIpc) is 3.45. The third kappa shape index (κ3) is 4.75. The van der Waals surface area contributed by atoms with Gasteiger partial charge in [0.1, 0.15) is 21.2 Å². The van der Waals surface area contributed by atoms with Crippen molar-refractivity contribution in [3.63, 3.8) is 0 Å². The molecular formula is C26H28N2O6S2. The lowest BCUT2D eigenvalue weighted by Gasteiger charge is -2.31. The molecule has 190 valence electrons. The lowest BCUT2D eigenvalue weighted by molar-refractivity contribution is 0.288. The summed E-state index contributed by atoms with van der Waals surface area (Å²) in [4.78, 5) is -0.112. The molecule has 2 aromatic carbocycles.